The number of rotatable bonds is 5. The van der Waals surface area contributed by atoms with Crippen molar-refractivity contribution in [3.8, 4) is 11.5 Å². The molecule has 0 saturated carbocycles. The third-order valence-electron chi connectivity index (χ3n) is 3.73. The number of nitrogens with zero attached hydrogens (tertiary/aromatic N) is 1. The average Bonchev–Trinajstić information content (AvgIpc) is 2.55. The number of hydrogen-bond acceptors (Lipinski definition) is 4. The van der Waals surface area contributed by atoms with E-state index in [1.807, 2.05) is 55.6 Å². The number of hydrogen-bond donors (Lipinski definition) is 1. The van der Waals surface area contributed by atoms with E-state index >= 15 is 0 Å². The molecule has 0 bridgehead atoms. The van der Waals surface area contributed by atoms with E-state index < -0.39 is 6.10 Å². The molecule has 1 heterocycles. The second-order valence-electron chi connectivity index (χ2n) is 5.60. The maximum Gasteiger partial charge on any atom is 0.161 e. The highest BCUT2D eigenvalue weighted by molar-refractivity contribution is 5.43. The van der Waals surface area contributed by atoms with Crippen molar-refractivity contribution in [3.05, 3.63) is 59.7 Å². The van der Waals surface area contributed by atoms with Crippen LogP contribution >= 0.6 is 0 Å². The van der Waals surface area contributed by atoms with E-state index in [4.69, 9.17) is 9.47 Å². The Balaban J connectivity index is 1.61. The zero-order valence-corrected chi connectivity index (χ0v) is 12.7. The fourth-order valence-corrected chi connectivity index (χ4v) is 2.64. The molecule has 1 N–H and O–H groups in total. The van der Waals surface area contributed by atoms with E-state index in [1.165, 1.54) is 0 Å². The summed E-state index contributed by atoms with van der Waals surface area (Å²) in [6.07, 6.45) is -0.483. The highest BCUT2D eigenvalue weighted by Gasteiger charge is 2.14. The van der Waals surface area contributed by atoms with Gasteiger partial charge in [-0.15, -0.1) is 0 Å². The minimum Gasteiger partial charge on any atom is -0.486 e. The van der Waals surface area contributed by atoms with Crippen LogP contribution in [0.5, 0.6) is 11.5 Å². The zero-order valence-electron chi connectivity index (χ0n) is 12.7. The molecule has 116 valence electrons. The molecular formula is C18H21NO3. The molecule has 1 atom stereocenters. The maximum absolute atomic E-state index is 10.3. The maximum atomic E-state index is 10.3. The normalized spacial score (nSPS) is 14.9. The Kier molecular flexibility index (Phi) is 4.61. The van der Waals surface area contributed by atoms with Crippen molar-refractivity contribution in [3.63, 3.8) is 0 Å². The van der Waals surface area contributed by atoms with E-state index in [0.717, 1.165) is 29.2 Å². The standard InChI is InChI=1S/C18H21NO3/c1-19(13-16(20)15-5-3-2-4-6-15)12-14-7-8-17-18(11-14)22-10-9-21-17/h2-8,11,16,20H,9-10,12-13H2,1H3/t16-/m0/s1. The summed E-state index contributed by atoms with van der Waals surface area (Å²) < 4.78 is 11.1. The second kappa shape index (κ2) is 6.81. The highest BCUT2D eigenvalue weighted by Crippen LogP contribution is 2.31. The van der Waals surface area contributed by atoms with Gasteiger partial charge in [0.05, 0.1) is 6.10 Å². The molecule has 4 nitrogen and oxygen atoms in total. The van der Waals surface area contributed by atoms with Crippen molar-refractivity contribution in [2.24, 2.45) is 0 Å². The summed E-state index contributed by atoms with van der Waals surface area (Å²) in [6, 6.07) is 15.7. The van der Waals surface area contributed by atoms with Crippen LogP contribution in [0.4, 0.5) is 0 Å². The fourth-order valence-electron chi connectivity index (χ4n) is 2.64. The van der Waals surface area contributed by atoms with Crippen molar-refractivity contribution in [1.82, 2.24) is 4.90 Å². The van der Waals surface area contributed by atoms with Gasteiger partial charge in [0.2, 0.25) is 0 Å². The van der Waals surface area contributed by atoms with Crippen molar-refractivity contribution < 1.29 is 14.6 Å². The Bertz CT molecular complexity index is 615. The molecule has 0 radical (unpaired) electrons. The van der Waals surface area contributed by atoms with E-state index in [9.17, 15) is 5.11 Å². The molecule has 22 heavy (non-hydrogen) atoms. The van der Waals surface area contributed by atoms with Gasteiger partial charge in [-0.25, -0.2) is 0 Å². The van der Waals surface area contributed by atoms with Crippen LogP contribution in [0.2, 0.25) is 0 Å². The third-order valence-corrected chi connectivity index (χ3v) is 3.73. The van der Waals surface area contributed by atoms with Crippen molar-refractivity contribution in [2.75, 3.05) is 26.8 Å². The van der Waals surface area contributed by atoms with Crippen LogP contribution < -0.4 is 9.47 Å². The number of fused-ring (bicyclic) bond motifs is 1. The summed E-state index contributed by atoms with van der Waals surface area (Å²) in [5.41, 5.74) is 2.09. The summed E-state index contributed by atoms with van der Waals surface area (Å²) in [6.45, 7) is 2.54. The van der Waals surface area contributed by atoms with E-state index in [0.29, 0.717) is 19.8 Å². The van der Waals surface area contributed by atoms with Crippen molar-refractivity contribution in [2.45, 2.75) is 12.6 Å². The van der Waals surface area contributed by atoms with Gasteiger partial charge in [-0.1, -0.05) is 36.4 Å². The molecule has 1 aliphatic heterocycles. The number of benzene rings is 2. The van der Waals surface area contributed by atoms with Crippen LogP contribution in [0.15, 0.2) is 48.5 Å². The molecule has 1 aliphatic rings. The molecule has 0 unspecified atom stereocenters. The molecule has 0 aliphatic carbocycles. The van der Waals surface area contributed by atoms with Crippen LogP contribution in [0.3, 0.4) is 0 Å². The van der Waals surface area contributed by atoms with Crippen LogP contribution in [0.1, 0.15) is 17.2 Å². The van der Waals surface area contributed by atoms with Gasteiger partial charge in [-0.3, -0.25) is 4.90 Å². The largest absolute Gasteiger partial charge is 0.486 e. The topological polar surface area (TPSA) is 41.9 Å². The zero-order chi connectivity index (χ0) is 15.4. The molecular weight excluding hydrogens is 278 g/mol. The van der Waals surface area contributed by atoms with Gasteiger partial charge in [0.15, 0.2) is 11.5 Å². The van der Waals surface area contributed by atoms with Gasteiger partial charge in [-0.05, 0) is 30.3 Å². The predicted octanol–water partition coefficient (Wildman–Crippen LogP) is 2.62. The number of ether oxygens (including phenoxy) is 2. The molecule has 0 spiro atoms. The number of likely N-dealkylation sites (N-methyl/N-ethyl adjacent to an activating group) is 1. The van der Waals surface area contributed by atoms with Crippen molar-refractivity contribution in [1.29, 1.82) is 0 Å². The first-order valence-electron chi connectivity index (χ1n) is 7.52. The van der Waals surface area contributed by atoms with Gasteiger partial charge in [0, 0.05) is 13.1 Å². The monoisotopic (exact) mass is 299 g/mol. The summed E-state index contributed by atoms with van der Waals surface area (Å²) in [4.78, 5) is 2.10. The molecule has 3 rings (SSSR count). The smallest absolute Gasteiger partial charge is 0.161 e. The SMILES string of the molecule is CN(Cc1ccc2c(c1)OCCO2)C[C@H](O)c1ccccc1. The predicted molar refractivity (Wildman–Crippen MR) is 85.2 cm³/mol. The van der Waals surface area contributed by atoms with Gasteiger partial charge in [0.25, 0.3) is 0 Å². The molecule has 2 aromatic rings. The summed E-state index contributed by atoms with van der Waals surface area (Å²) in [7, 11) is 2.00. The average molecular weight is 299 g/mol. The third kappa shape index (κ3) is 3.59. The Labute approximate surface area is 130 Å². The quantitative estimate of drug-likeness (QED) is 0.921. The Morgan fingerprint density at radius 2 is 1.77 bits per heavy atom. The number of aliphatic hydroxyl groups is 1. The van der Waals surface area contributed by atoms with Gasteiger partial charge >= 0.3 is 0 Å². The van der Waals surface area contributed by atoms with Crippen LogP contribution in [0, 0.1) is 0 Å². The Morgan fingerprint density at radius 3 is 2.55 bits per heavy atom. The molecule has 2 aromatic carbocycles. The van der Waals surface area contributed by atoms with Gasteiger partial charge in [0.1, 0.15) is 13.2 Å². The minimum absolute atomic E-state index is 0.483. The molecule has 4 heteroatoms. The Hall–Kier alpha value is -2.04. The van der Waals surface area contributed by atoms with Crippen LogP contribution in [0.25, 0.3) is 0 Å². The lowest BCUT2D eigenvalue weighted by molar-refractivity contribution is 0.123. The van der Waals surface area contributed by atoms with Gasteiger partial charge in [-0.2, -0.15) is 0 Å². The summed E-state index contributed by atoms with van der Waals surface area (Å²) >= 11 is 0. The molecule has 0 aromatic heterocycles. The molecule has 0 saturated heterocycles. The fraction of sp³-hybridized carbons (Fsp3) is 0.333. The first kappa shape index (κ1) is 14.9. The van der Waals surface area contributed by atoms with Crippen molar-refractivity contribution >= 4 is 0 Å². The lowest BCUT2D eigenvalue weighted by Gasteiger charge is -2.23. The first-order chi connectivity index (χ1) is 10.7. The van der Waals surface area contributed by atoms with E-state index in [1.54, 1.807) is 0 Å². The molecule has 0 amide bonds. The highest BCUT2D eigenvalue weighted by atomic mass is 16.6. The van der Waals surface area contributed by atoms with E-state index in [-0.39, 0.29) is 0 Å². The minimum atomic E-state index is -0.483. The molecule has 0 fully saturated rings. The summed E-state index contributed by atoms with van der Waals surface area (Å²) in [5, 5.41) is 10.3. The Morgan fingerprint density at radius 1 is 1.05 bits per heavy atom. The van der Waals surface area contributed by atoms with E-state index in [2.05, 4.69) is 4.90 Å². The first-order valence-corrected chi connectivity index (χ1v) is 7.52. The van der Waals surface area contributed by atoms with Gasteiger partial charge < -0.3 is 14.6 Å². The van der Waals surface area contributed by atoms with Crippen LogP contribution in [-0.4, -0.2) is 36.8 Å². The summed E-state index contributed by atoms with van der Waals surface area (Å²) in [5.74, 6) is 1.61. The second-order valence-corrected chi connectivity index (χ2v) is 5.60. The van der Waals surface area contributed by atoms with Crippen LogP contribution in [-0.2, 0) is 6.54 Å². The number of aliphatic hydroxyl groups excluding tert-OH is 1. The lowest BCUT2D eigenvalue weighted by Crippen LogP contribution is -2.24. The lowest BCUT2D eigenvalue weighted by atomic mass is 10.1.